The van der Waals surface area contributed by atoms with Crippen molar-refractivity contribution in [2.45, 2.75) is 0 Å². The molecule has 4 heteroatoms. The van der Waals surface area contributed by atoms with Crippen molar-refractivity contribution in [1.82, 2.24) is 0 Å². The number of nitrogens with two attached hydrogens (primary N) is 1. The molecule has 1 aliphatic heterocycles. The molecule has 0 spiro atoms. The number of allylic oxidation sites excluding steroid dienone is 1. The molecule has 0 fully saturated rings. The Kier molecular flexibility index (Phi) is 3.55. The van der Waals surface area contributed by atoms with Crippen molar-refractivity contribution in [3.63, 3.8) is 0 Å². The minimum absolute atomic E-state index is 0. The minimum Gasteiger partial charge on any atom is -0.469 e. The fourth-order valence-corrected chi connectivity index (χ4v) is 0.349. The molecule has 0 aromatic heterocycles. The lowest BCUT2D eigenvalue weighted by atomic mass is 10.7. The van der Waals surface area contributed by atoms with Crippen LogP contribution in [0.15, 0.2) is 29.4 Å². The van der Waals surface area contributed by atoms with E-state index in [1.165, 1.54) is 12.5 Å². The zero-order valence-electron chi connectivity index (χ0n) is 4.65. The summed E-state index contributed by atoms with van der Waals surface area (Å²) in [5, 5.41) is 0. The molecule has 2 N–H and O–H groups in total. The van der Waals surface area contributed by atoms with E-state index in [0.29, 0.717) is 5.82 Å². The van der Waals surface area contributed by atoms with Gasteiger partial charge in [0.25, 0.3) is 0 Å². The Morgan fingerprint density at radius 2 is 2.33 bits per heavy atom. The van der Waals surface area contributed by atoms with E-state index < -0.39 is 0 Å². The summed E-state index contributed by atoms with van der Waals surface area (Å²) in [5.74, 6) is 0.384. The summed E-state index contributed by atoms with van der Waals surface area (Å²) < 4.78 is 4.71. The number of hydrogen-bond acceptors (Lipinski definition) is 3. The van der Waals surface area contributed by atoms with Crippen LogP contribution in [-0.2, 0) is 4.74 Å². The largest absolute Gasteiger partial charge is 0.469 e. The van der Waals surface area contributed by atoms with E-state index in [4.69, 9.17) is 10.5 Å². The van der Waals surface area contributed by atoms with Gasteiger partial charge in [-0.2, -0.15) is 0 Å². The van der Waals surface area contributed by atoms with Gasteiger partial charge in [0.2, 0.25) is 0 Å². The van der Waals surface area contributed by atoms with Crippen LogP contribution in [0, 0.1) is 0 Å². The molecule has 0 aromatic carbocycles. The van der Waals surface area contributed by atoms with Gasteiger partial charge in [0.05, 0.1) is 6.26 Å². The summed E-state index contributed by atoms with van der Waals surface area (Å²) in [4.78, 5) is 3.73. The zero-order valence-corrected chi connectivity index (χ0v) is 5.47. The Morgan fingerprint density at radius 1 is 1.56 bits per heavy atom. The molecule has 9 heavy (non-hydrogen) atoms. The zero-order chi connectivity index (χ0) is 5.82. The first-order valence-corrected chi connectivity index (χ1v) is 2.20. The van der Waals surface area contributed by atoms with Crippen molar-refractivity contribution in [1.29, 1.82) is 0 Å². The van der Waals surface area contributed by atoms with Gasteiger partial charge in [0, 0.05) is 6.21 Å². The number of hydrogen-bond donors (Lipinski definition) is 1. The highest BCUT2D eigenvalue weighted by atomic mass is 35.5. The topological polar surface area (TPSA) is 47.6 Å². The molecule has 1 heterocycles. The number of halogens is 1. The van der Waals surface area contributed by atoms with E-state index in [0.717, 1.165) is 0 Å². The predicted octanol–water partition coefficient (Wildman–Crippen LogP) is 0.781. The molecule has 0 bridgehead atoms. The number of rotatable bonds is 0. The molecule has 50 valence electrons. The summed E-state index contributed by atoms with van der Waals surface area (Å²) in [5.41, 5.74) is 5.23. The van der Waals surface area contributed by atoms with Crippen molar-refractivity contribution >= 4 is 18.6 Å². The average Bonchev–Trinajstić information content (AvgIpc) is 1.94. The quantitative estimate of drug-likeness (QED) is 0.549. The third kappa shape index (κ3) is 2.77. The van der Waals surface area contributed by atoms with Crippen LogP contribution in [0.5, 0.6) is 0 Å². The maximum absolute atomic E-state index is 5.23. The molecule has 0 saturated heterocycles. The maximum atomic E-state index is 5.23. The maximum Gasteiger partial charge on any atom is 0.158 e. The Hall–Kier alpha value is -0.960. The second-order valence-electron chi connectivity index (χ2n) is 1.29. The van der Waals surface area contributed by atoms with E-state index in [2.05, 4.69) is 4.99 Å². The number of nitrogens with zero attached hydrogens (tertiary/aromatic N) is 1. The molecule has 1 rings (SSSR count). The van der Waals surface area contributed by atoms with E-state index in [1.807, 2.05) is 0 Å². The van der Waals surface area contributed by atoms with Crippen molar-refractivity contribution in [2.24, 2.45) is 10.7 Å². The first kappa shape index (κ1) is 8.04. The van der Waals surface area contributed by atoms with Crippen LogP contribution in [0.2, 0.25) is 0 Å². The fraction of sp³-hybridized carbons (Fsp3) is 0. The molecule has 0 unspecified atom stereocenters. The smallest absolute Gasteiger partial charge is 0.158 e. The molecule has 0 aliphatic carbocycles. The molecule has 0 amide bonds. The highest BCUT2D eigenvalue weighted by molar-refractivity contribution is 5.85. The van der Waals surface area contributed by atoms with E-state index in [-0.39, 0.29) is 12.4 Å². The Labute approximate surface area is 59.3 Å². The highest BCUT2D eigenvalue weighted by Crippen LogP contribution is 1.90. The van der Waals surface area contributed by atoms with Crippen molar-refractivity contribution in [3.8, 4) is 0 Å². The van der Waals surface area contributed by atoms with Gasteiger partial charge in [-0.25, -0.2) is 4.99 Å². The van der Waals surface area contributed by atoms with Gasteiger partial charge >= 0.3 is 0 Å². The third-order valence-electron chi connectivity index (χ3n) is 0.656. The monoisotopic (exact) mass is 146 g/mol. The predicted molar refractivity (Wildman–Crippen MR) is 38.2 cm³/mol. The first-order chi connectivity index (χ1) is 3.89. The molecule has 0 radical (unpaired) electrons. The number of aliphatic imine (C=N–C) groups is 1. The van der Waals surface area contributed by atoms with Gasteiger partial charge in [-0.05, 0) is 6.08 Å². The lowest BCUT2D eigenvalue weighted by Crippen LogP contribution is -1.91. The normalized spacial score (nSPS) is 14.9. The van der Waals surface area contributed by atoms with Gasteiger partial charge in [-0.1, -0.05) is 0 Å². The first-order valence-electron chi connectivity index (χ1n) is 2.20. The summed E-state index contributed by atoms with van der Waals surface area (Å²) in [6.07, 6.45) is 6.11. The van der Waals surface area contributed by atoms with Gasteiger partial charge in [-0.3, -0.25) is 0 Å². The molecule has 3 nitrogen and oxygen atoms in total. The average molecular weight is 147 g/mol. The van der Waals surface area contributed by atoms with Crippen molar-refractivity contribution in [2.75, 3.05) is 0 Å². The van der Waals surface area contributed by atoms with E-state index >= 15 is 0 Å². The van der Waals surface area contributed by atoms with Gasteiger partial charge in [0.15, 0.2) is 5.82 Å². The molecular formula is C5H7ClN2O. The molecule has 0 atom stereocenters. The summed E-state index contributed by atoms with van der Waals surface area (Å²) in [6, 6.07) is 0. The SMILES string of the molecule is Cl.NC1=COC=CC=N1. The molecule has 0 aromatic rings. The van der Waals surface area contributed by atoms with Gasteiger partial charge in [-0.15, -0.1) is 12.4 Å². The lowest BCUT2D eigenvalue weighted by molar-refractivity contribution is 0.399. The number of ether oxygens (including phenoxy) is 1. The second-order valence-corrected chi connectivity index (χ2v) is 1.29. The van der Waals surface area contributed by atoms with Crippen LogP contribution in [0.3, 0.4) is 0 Å². The van der Waals surface area contributed by atoms with Gasteiger partial charge in [0.1, 0.15) is 6.26 Å². The molecular weight excluding hydrogens is 140 g/mol. The molecule has 1 aliphatic rings. The summed E-state index contributed by atoms with van der Waals surface area (Å²) >= 11 is 0. The minimum atomic E-state index is 0. The van der Waals surface area contributed by atoms with Crippen LogP contribution in [0.25, 0.3) is 0 Å². The van der Waals surface area contributed by atoms with E-state index in [9.17, 15) is 0 Å². The second kappa shape index (κ2) is 3.97. The van der Waals surface area contributed by atoms with Crippen LogP contribution in [0.1, 0.15) is 0 Å². The molecule has 0 saturated carbocycles. The lowest BCUT2D eigenvalue weighted by Gasteiger charge is -1.86. The van der Waals surface area contributed by atoms with Crippen LogP contribution >= 0.6 is 12.4 Å². The standard InChI is InChI=1S/C5H6N2O.ClH/c6-5-4-8-3-1-2-7-5;/h1-4H,6H2;1H. The highest BCUT2D eigenvalue weighted by Gasteiger charge is 1.82. The van der Waals surface area contributed by atoms with E-state index in [1.54, 1.807) is 12.3 Å². The Bertz CT molecular complexity index is 160. The fourth-order valence-electron chi connectivity index (χ4n) is 0.349. The third-order valence-corrected chi connectivity index (χ3v) is 0.656. The van der Waals surface area contributed by atoms with Crippen LogP contribution < -0.4 is 5.73 Å². The Morgan fingerprint density at radius 3 is 3.11 bits per heavy atom. The van der Waals surface area contributed by atoms with Crippen molar-refractivity contribution in [3.05, 3.63) is 24.4 Å². The van der Waals surface area contributed by atoms with Crippen molar-refractivity contribution < 1.29 is 4.74 Å². The Balaban J connectivity index is 0.000000640. The van der Waals surface area contributed by atoms with Crippen LogP contribution in [0.4, 0.5) is 0 Å². The summed E-state index contributed by atoms with van der Waals surface area (Å²) in [7, 11) is 0. The van der Waals surface area contributed by atoms with Gasteiger partial charge < -0.3 is 10.5 Å². The summed E-state index contributed by atoms with van der Waals surface area (Å²) in [6.45, 7) is 0. The van der Waals surface area contributed by atoms with Crippen LogP contribution in [-0.4, -0.2) is 6.21 Å².